The molecule has 2 aromatic heterocycles. The summed E-state index contributed by atoms with van der Waals surface area (Å²) in [4.78, 5) is 30.0. The second-order valence-electron chi connectivity index (χ2n) is 5.57. The van der Waals surface area contributed by atoms with Gasteiger partial charge in [-0.25, -0.2) is 9.98 Å². The minimum atomic E-state index is -0.266. The zero-order chi connectivity index (χ0) is 15.7. The minimum absolute atomic E-state index is 0.177. The maximum Gasteiger partial charge on any atom is 0.280 e. The number of nitrogens with zero attached hydrogens (tertiary/aromatic N) is 5. The Balaban J connectivity index is 2.00. The van der Waals surface area contributed by atoms with Crippen LogP contribution in [0.15, 0.2) is 16.1 Å². The average Bonchev–Trinajstić information content (AvgIpc) is 2.92. The normalized spacial score (nSPS) is 16.7. The van der Waals surface area contributed by atoms with Gasteiger partial charge in [0.25, 0.3) is 5.56 Å². The molecule has 2 aromatic rings. The molecule has 0 amide bonds. The van der Waals surface area contributed by atoms with Gasteiger partial charge in [0.15, 0.2) is 11.2 Å². The number of aliphatic imine (C=N–C) groups is 1. The molecule has 118 valence electrons. The number of imidazole rings is 1. The summed E-state index contributed by atoms with van der Waals surface area (Å²) in [5.41, 5.74) is 0.641. The number of ether oxygens (including phenoxy) is 1. The van der Waals surface area contributed by atoms with Crippen molar-refractivity contribution in [3.63, 3.8) is 0 Å². The first-order valence-electron chi connectivity index (χ1n) is 7.41. The van der Waals surface area contributed by atoms with Crippen LogP contribution in [0.25, 0.3) is 11.2 Å². The van der Waals surface area contributed by atoms with Gasteiger partial charge in [0.05, 0.1) is 19.5 Å². The summed E-state index contributed by atoms with van der Waals surface area (Å²) in [6.07, 6.45) is 1.64. The van der Waals surface area contributed by atoms with Crippen molar-refractivity contribution in [2.45, 2.75) is 26.8 Å². The van der Waals surface area contributed by atoms with Gasteiger partial charge < -0.3 is 14.2 Å². The summed E-state index contributed by atoms with van der Waals surface area (Å²) in [7, 11) is 0. The maximum atomic E-state index is 12.1. The van der Waals surface area contributed by atoms with E-state index in [2.05, 4.69) is 24.8 Å². The van der Waals surface area contributed by atoms with Crippen LogP contribution in [0.3, 0.4) is 0 Å². The summed E-state index contributed by atoms with van der Waals surface area (Å²) < 4.78 is 7.20. The van der Waals surface area contributed by atoms with E-state index in [1.165, 1.54) is 0 Å². The fraction of sp³-hybridized carbons (Fsp3) is 0.571. The Morgan fingerprint density at radius 3 is 2.82 bits per heavy atom. The van der Waals surface area contributed by atoms with Gasteiger partial charge in [-0.05, 0) is 20.8 Å². The lowest BCUT2D eigenvalue weighted by atomic mass is 10.4. The molecule has 0 aliphatic carbocycles. The summed E-state index contributed by atoms with van der Waals surface area (Å²) in [5, 5.41) is 0. The number of hydrogen-bond donors (Lipinski definition) is 1. The molecule has 8 nitrogen and oxygen atoms in total. The molecule has 0 saturated carbocycles. The van der Waals surface area contributed by atoms with Gasteiger partial charge in [-0.2, -0.15) is 4.98 Å². The molecule has 8 heteroatoms. The highest BCUT2D eigenvalue weighted by Crippen LogP contribution is 2.15. The predicted octanol–water partition coefficient (Wildman–Crippen LogP) is 1.08. The number of fused-ring (bicyclic) bond motifs is 1. The topological polar surface area (TPSA) is 88.4 Å². The largest absolute Gasteiger partial charge is 0.378 e. The lowest BCUT2D eigenvalue weighted by molar-refractivity contribution is 0.0678. The molecular weight excluding hydrogens is 284 g/mol. The van der Waals surface area contributed by atoms with Crippen LogP contribution in [0, 0.1) is 0 Å². The number of morpholine rings is 1. The molecule has 0 atom stereocenters. The smallest absolute Gasteiger partial charge is 0.280 e. The third kappa shape index (κ3) is 2.74. The standard InChI is InChI=1S/C14H20N6O2/c1-9(2)20-8-15-11-12(20)17-14(18-13(11)21)16-10(3)19-4-6-22-7-5-19/h8-9H,4-7H2,1-3H3,(H,17,18,21). The van der Waals surface area contributed by atoms with Crippen LogP contribution >= 0.6 is 0 Å². The molecule has 0 aromatic carbocycles. The summed E-state index contributed by atoms with van der Waals surface area (Å²) in [5.74, 6) is 1.13. The fourth-order valence-electron chi connectivity index (χ4n) is 2.46. The Labute approximate surface area is 127 Å². The second kappa shape index (κ2) is 5.88. The number of amidine groups is 1. The fourth-order valence-corrected chi connectivity index (χ4v) is 2.46. The highest BCUT2D eigenvalue weighted by atomic mass is 16.5. The number of aromatic amines is 1. The Morgan fingerprint density at radius 1 is 1.41 bits per heavy atom. The molecule has 1 fully saturated rings. The summed E-state index contributed by atoms with van der Waals surface area (Å²) >= 11 is 0. The van der Waals surface area contributed by atoms with Crippen molar-refractivity contribution in [3.8, 4) is 0 Å². The third-order valence-electron chi connectivity index (χ3n) is 3.71. The lowest BCUT2D eigenvalue weighted by Crippen LogP contribution is -2.39. The number of aromatic nitrogens is 4. The Kier molecular flexibility index (Phi) is 3.93. The Morgan fingerprint density at radius 2 is 2.14 bits per heavy atom. The molecule has 0 bridgehead atoms. The summed E-state index contributed by atoms with van der Waals surface area (Å²) in [6.45, 7) is 8.93. The van der Waals surface area contributed by atoms with Gasteiger partial charge in [0.2, 0.25) is 5.95 Å². The van der Waals surface area contributed by atoms with Crippen molar-refractivity contribution >= 4 is 22.9 Å². The van der Waals surface area contributed by atoms with Crippen molar-refractivity contribution in [1.82, 2.24) is 24.4 Å². The molecule has 0 radical (unpaired) electrons. The van der Waals surface area contributed by atoms with Crippen LogP contribution in [0.2, 0.25) is 0 Å². The number of H-pyrrole nitrogens is 1. The van der Waals surface area contributed by atoms with Crippen LogP contribution in [-0.2, 0) is 4.74 Å². The maximum absolute atomic E-state index is 12.1. The minimum Gasteiger partial charge on any atom is -0.378 e. The van der Waals surface area contributed by atoms with Gasteiger partial charge in [-0.3, -0.25) is 9.78 Å². The van der Waals surface area contributed by atoms with E-state index < -0.39 is 0 Å². The van der Waals surface area contributed by atoms with Crippen molar-refractivity contribution in [2.75, 3.05) is 26.3 Å². The number of hydrogen-bond acceptors (Lipinski definition) is 5. The first kappa shape index (κ1) is 14.7. The molecule has 22 heavy (non-hydrogen) atoms. The van der Waals surface area contributed by atoms with Crippen LogP contribution < -0.4 is 5.56 Å². The molecule has 1 aliphatic rings. The van der Waals surface area contributed by atoms with Crippen LogP contribution in [0.5, 0.6) is 0 Å². The van der Waals surface area contributed by atoms with Crippen LogP contribution in [0.1, 0.15) is 26.8 Å². The van der Waals surface area contributed by atoms with Crippen molar-refractivity contribution in [2.24, 2.45) is 4.99 Å². The zero-order valence-electron chi connectivity index (χ0n) is 13.0. The molecule has 3 rings (SSSR count). The highest BCUT2D eigenvalue weighted by Gasteiger charge is 2.14. The van der Waals surface area contributed by atoms with E-state index in [9.17, 15) is 4.79 Å². The first-order chi connectivity index (χ1) is 10.6. The monoisotopic (exact) mass is 304 g/mol. The van der Waals surface area contributed by atoms with E-state index in [4.69, 9.17) is 4.74 Å². The van der Waals surface area contributed by atoms with Crippen molar-refractivity contribution < 1.29 is 4.74 Å². The van der Waals surface area contributed by atoms with E-state index in [-0.39, 0.29) is 11.6 Å². The summed E-state index contributed by atoms with van der Waals surface area (Å²) in [6, 6.07) is 0.177. The van der Waals surface area contributed by atoms with Gasteiger partial charge >= 0.3 is 0 Å². The molecule has 1 N–H and O–H groups in total. The molecule has 0 spiro atoms. The number of rotatable bonds is 2. The van der Waals surface area contributed by atoms with Gasteiger partial charge in [0.1, 0.15) is 5.84 Å². The highest BCUT2D eigenvalue weighted by molar-refractivity contribution is 5.82. The predicted molar refractivity (Wildman–Crippen MR) is 83.7 cm³/mol. The molecular formula is C14H20N6O2. The zero-order valence-corrected chi connectivity index (χ0v) is 13.0. The van der Waals surface area contributed by atoms with E-state index >= 15 is 0 Å². The van der Waals surface area contributed by atoms with Crippen LogP contribution in [0.4, 0.5) is 5.95 Å². The van der Waals surface area contributed by atoms with Crippen molar-refractivity contribution in [1.29, 1.82) is 0 Å². The van der Waals surface area contributed by atoms with Crippen molar-refractivity contribution in [3.05, 3.63) is 16.7 Å². The van der Waals surface area contributed by atoms with Gasteiger partial charge in [-0.15, -0.1) is 0 Å². The SMILES string of the molecule is CC(=Nc1nc2c(ncn2C(C)C)c(=O)[nH]1)N1CCOCC1. The third-order valence-corrected chi connectivity index (χ3v) is 3.71. The van der Waals surface area contributed by atoms with E-state index in [0.29, 0.717) is 30.3 Å². The quantitative estimate of drug-likeness (QED) is 0.662. The van der Waals surface area contributed by atoms with E-state index in [1.54, 1.807) is 6.33 Å². The first-order valence-corrected chi connectivity index (χ1v) is 7.41. The molecule has 3 heterocycles. The van der Waals surface area contributed by atoms with E-state index in [0.717, 1.165) is 18.9 Å². The van der Waals surface area contributed by atoms with Gasteiger partial charge in [-0.1, -0.05) is 0 Å². The van der Waals surface area contributed by atoms with Gasteiger partial charge in [0, 0.05) is 19.1 Å². The number of nitrogens with one attached hydrogen (secondary N) is 1. The Bertz CT molecular complexity index is 754. The molecule has 1 aliphatic heterocycles. The van der Waals surface area contributed by atoms with E-state index in [1.807, 2.05) is 25.3 Å². The molecule has 0 unspecified atom stereocenters. The Hall–Kier alpha value is -2.22. The average molecular weight is 304 g/mol. The lowest BCUT2D eigenvalue weighted by Gasteiger charge is -2.28. The molecule has 1 saturated heterocycles. The second-order valence-corrected chi connectivity index (χ2v) is 5.57. The van der Waals surface area contributed by atoms with Crippen LogP contribution in [-0.4, -0.2) is 56.6 Å².